The normalized spacial score (nSPS) is 12.2. The molecule has 0 unspecified atom stereocenters. The van der Waals surface area contributed by atoms with E-state index < -0.39 is 0 Å². The molecule has 0 spiro atoms. The molecule has 0 aromatic carbocycles. The molecule has 1 heteroatoms. The number of hydrogen-bond donors (Lipinski definition) is 0. The highest BCUT2D eigenvalue weighted by Gasteiger charge is 1.75. The van der Waals surface area contributed by atoms with Gasteiger partial charge >= 0.3 is 0 Å². The van der Waals surface area contributed by atoms with E-state index in [0.29, 0.717) is 0 Å². The van der Waals surface area contributed by atoms with Gasteiger partial charge in [-0.2, -0.15) is 0 Å². The van der Waals surface area contributed by atoms with Crippen LogP contribution in [-0.4, -0.2) is 5.78 Å². The Morgan fingerprint density at radius 3 is 2.20 bits per heavy atom. The van der Waals surface area contributed by atoms with E-state index in [2.05, 4.69) is 0 Å². The van der Waals surface area contributed by atoms with E-state index in [0.717, 1.165) is 0 Å². The predicted molar refractivity (Wildman–Crippen MR) is 43.8 cm³/mol. The highest BCUT2D eigenvalue weighted by molar-refractivity contribution is 5.87. The summed E-state index contributed by atoms with van der Waals surface area (Å²) in [6, 6.07) is 0. The summed E-state index contributed by atoms with van der Waals surface area (Å²) >= 11 is 0. The van der Waals surface area contributed by atoms with Crippen LogP contribution in [0.2, 0.25) is 0 Å². The van der Waals surface area contributed by atoms with Crippen LogP contribution >= 0.6 is 0 Å². The van der Waals surface area contributed by atoms with Crippen molar-refractivity contribution in [3.63, 3.8) is 0 Å². The summed E-state index contributed by atoms with van der Waals surface area (Å²) in [5.41, 5.74) is 0. The zero-order valence-corrected chi connectivity index (χ0v) is 6.37. The molecule has 0 rings (SSSR count). The molecule has 0 saturated carbocycles. The molecule has 0 N–H and O–H groups in total. The van der Waals surface area contributed by atoms with Crippen molar-refractivity contribution < 1.29 is 4.79 Å². The SMILES string of the molecule is CC=CC=CC=CC(C)=O. The summed E-state index contributed by atoms with van der Waals surface area (Å²) in [5.74, 6) is 0.0742. The fourth-order valence-corrected chi connectivity index (χ4v) is 0.430. The minimum Gasteiger partial charge on any atom is -0.295 e. The average molecular weight is 136 g/mol. The molecule has 0 aliphatic rings. The third kappa shape index (κ3) is 6.89. The molecule has 0 aliphatic heterocycles. The van der Waals surface area contributed by atoms with Crippen LogP contribution in [0.4, 0.5) is 0 Å². The summed E-state index contributed by atoms with van der Waals surface area (Å²) in [5, 5.41) is 0. The van der Waals surface area contributed by atoms with Crippen LogP contribution in [0.5, 0.6) is 0 Å². The summed E-state index contributed by atoms with van der Waals surface area (Å²) in [6.45, 7) is 3.47. The lowest BCUT2D eigenvalue weighted by molar-refractivity contribution is -0.112. The molecule has 0 atom stereocenters. The maximum absolute atomic E-state index is 10.3. The van der Waals surface area contributed by atoms with Crippen LogP contribution < -0.4 is 0 Å². The predicted octanol–water partition coefficient (Wildman–Crippen LogP) is 2.26. The summed E-state index contributed by atoms with van der Waals surface area (Å²) in [6.07, 6.45) is 10.8. The summed E-state index contributed by atoms with van der Waals surface area (Å²) in [7, 11) is 0. The molecular formula is C9H12O. The van der Waals surface area contributed by atoms with Crippen LogP contribution in [0, 0.1) is 0 Å². The second kappa shape index (κ2) is 6.02. The first-order chi connectivity index (χ1) is 4.77. The van der Waals surface area contributed by atoms with E-state index in [4.69, 9.17) is 0 Å². The second-order valence-electron chi connectivity index (χ2n) is 1.88. The Labute approximate surface area is 61.8 Å². The fourth-order valence-electron chi connectivity index (χ4n) is 0.430. The maximum atomic E-state index is 10.3. The number of carbonyl (C=O) groups is 1. The van der Waals surface area contributed by atoms with Gasteiger partial charge in [0.25, 0.3) is 0 Å². The van der Waals surface area contributed by atoms with E-state index >= 15 is 0 Å². The Morgan fingerprint density at radius 2 is 1.70 bits per heavy atom. The number of rotatable bonds is 3. The van der Waals surface area contributed by atoms with Gasteiger partial charge in [0.05, 0.1) is 0 Å². The standard InChI is InChI=1S/C9H12O/c1-3-4-5-6-7-8-9(2)10/h3-8H,1-2H3. The van der Waals surface area contributed by atoms with Crippen LogP contribution in [0.15, 0.2) is 36.5 Å². The molecule has 0 saturated heterocycles. The van der Waals surface area contributed by atoms with E-state index in [1.165, 1.54) is 13.0 Å². The van der Waals surface area contributed by atoms with Gasteiger partial charge in [-0.3, -0.25) is 4.79 Å². The summed E-state index contributed by atoms with van der Waals surface area (Å²) in [4.78, 5) is 10.3. The quantitative estimate of drug-likeness (QED) is 0.429. The van der Waals surface area contributed by atoms with E-state index in [1.54, 1.807) is 6.08 Å². The Kier molecular flexibility index (Phi) is 5.35. The van der Waals surface area contributed by atoms with E-state index in [9.17, 15) is 4.79 Å². The van der Waals surface area contributed by atoms with Crippen LogP contribution in [-0.2, 0) is 4.79 Å². The average Bonchev–Trinajstić information content (AvgIpc) is 1.87. The van der Waals surface area contributed by atoms with Gasteiger partial charge in [-0.05, 0) is 19.9 Å². The molecule has 0 aliphatic carbocycles. The van der Waals surface area contributed by atoms with Crippen molar-refractivity contribution in [1.29, 1.82) is 0 Å². The largest absolute Gasteiger partial charge is 0.295 e. The zero-order valence-electron chi connectivity index (χ0n) is 6.37. The Balaban J connectivity index is 3.62. The minimum absolute atomic E-state index is 0.0742. The molecule has 1 nitrogen and oxygen atoms in total. The topological polar surface area (TPSA) is 17.1 Å². The minimum atomic E-state index is 0.0742. The first-order valence-corrected chi connectivity index (χ1v) is 3.24. The first-order valence-electron chi connectivity index (χ1n) is 3.24. The molecule has 0 radical (unpaired) electrons. The first kappa shape index (κ1) is 8.89. The molecule has 0 amide bonds. The van der Waals surface area contributed by atoms with Gasteiger partial charge in [0.15, 0.2) is 5.78 Å². The highest BCUT2D eigenvalue weighted by atomic mass is 16.1. The third-order valence-electron chi connectivity index (χ3n) is 0.857. The summed E-state index contributed by atoms with van der Waals surface area (Å²) < 4.78 is 0. The van der Waals surface area contributed by atoms with Gasteiger partial charge in [-0.1, -0.05) is 30.4 Å². The van der Waals surface area contributed by atoms with Crippen molar-refractivity contribution in [2.75, 3.05) is 0 Å². The number of hydrogen-bond acceptors (Lipinski definition) is 1. The van der Waals surface area contributed by atoms with E-state index in [1.807, 2.05) is 31.2 Å². The van der Waals surface area contributed by atoms with Crippen molar-refractivity contribution in [3.8, 4) is 0 Å². The van der Waals surface area contributed by atoms with Gasteiger partial charge in [0, 0.05) is 0 Å². The molecule has 54 valence electrons. The molecule has 0 aromatic heterocycles. The van der Waals surface area contributed by atoms with Crippen molar-refractivity contribution in [1.82, 2.24) is 0 Å². The number of allylic oxidation sites excluding steroid dienone is 6. The van der Waals surface area contributed by atoms with Gasteiger partial charge in [0.1, 0.15) is 0 Å². The van der Waals surface area contributed by atoms with Gasteiger partial charge in [-0.25, -0.2) is 0 Å². The molecule has 0 aromatic rings. The van der Waals surface area contributed by atoms with Crippen molar-refractivity contribution >= 4 is 5.78 Å². The lowest BCUT2D eigenvalue weighted by atomic mass is 10.3. The lowest BCUT2D eigenvalue weighted by Gasteiger charge is -1.73. The van der Waals surface area contributed by atoms with Gasteiger partial charge in [-0.15, -0.1) is 0 Å². The smallest absolute Gasteiger partial charge is 0.152 e. The van der Waals surface area contributed by atoms with Crippen molar-refractivity contribution in [2.24, 2.45) is 0 Å². The molecule has 0 fully saturated rings. The highest BCUT2D eigenvalue weighted by Crippen LogP contribution is 1.80. The van der Waals surface area contributed by atoms with Crippen LogP contribution in [0.3, 0.4) is 0 Å². The fraction of sp³-hybridized carbons (Fsp3) is 0.222. The monoisotopic (exact) mass is 136 g/mol. The van der Waals surface area contributed by atoms with Crippen molar-refractivity contribution in [2.45, 2.75) is 13.8 Å². The lowest BCUT2D eigenvalue weighted by Crippen LogP contribution is -1.77. The Bertz CT molecular complexity index is 173. The van der Waals surface area contributed by atoms with Gasteiger partial charge < -0.3 is 0 Å². The van der Waals surface area contributed by atoms with Crippen LogP contribution in [0.1, 0.15) is 13.8 Å². The number of carbonyl (C=O) groups excluding carboxylic acids is 1. The number of ketones is 1. The second-order valence-corrected chi connectivity index (χ2v) is 1.88. The Hall–Kier alpha value is -1.11. The molecule has 10 heavy (non-hydrogen) atoms. The third-order valence-corrected chi connectivity index (χ3v) is 0.857. The maximum Gasteiger partial charge on any atom is 0.152 e. The Morgan fingerprint density at radius 1 is 1.10 bits per heavy atom. The molecular weight excluding hydrogens is 124 g/mol. The molecule has 0 heterocycles. The molecule has 0 bridgehead atoms. The van der Waals surface area contributed by atoms with Crippen LogP contribution in [0.25, 0.3) is 0 Å². The van der Waals surface area contributed by atoms with Gasteiger partial charge in [0.2, 0.25) is 0 Å². The van der Waals surface area contributed by atoms with E-state index in [-0.39, 0.29) is 5.78 Å². The van der Waals surface area contributed by atoms with Crippen molar-refractivity contribution in [3.05, 3.63) is 36.5 Å². The zero-order chi connectivity index (χ0) is 7.82.